The van der Waals surface area contributed by atoms with Gasteiger partial charge in [0.05, 0.1) is 12.1 Å². The molecule has 0 fully saturated rings. The van der Waals surface area contributed by atoms with Gasteiger partial charge in [0.25, 0.3) is 0 Å². The molecule has 0 aliphatic heterocycles. The van der Waals surface area contributed by atoms with Gasteiger partial charge in [-0.25, -0.2) is 4.79 Å². The number of aromatic nitrogens is 1. The SMILES string of the molecule is CCOC(Cn1c(=O)oc2cc(C(C)=O)ccc21)OCC. The second-order valence-corrected chi connectivity index (χ2v) is 4.56. The van der Waals surface area contributed by atoms with Gasteiger partial charge in [0.15, 0.2) is 17.7 Å². The lowest BCUT2D eigenvalue weighted by molar-refractivity contribution is -0.143. The number of carbonyl (C=O) groups is 1. The quantitative estimate of drug-likeness (QED) is 0.578. The van der Waals surface area contributed by atoms with Crippen molar-refractivity contribution in [2.24, 2.45) is 0 Å². The number of nitrogens with zero attached hydrogens (tertiary/aromatic N) is 1. The average molecular weight is 293 g/mol. The Morgan fingerprint density at radius 2 is 1.95 bits per heavy atom. The molecular formula is C15H19NO5. The molecule has 0 saturated carbocycles. The van der Waals surface area contributed by atoms with Gasteiger partial charge >= 0.3 is 5.76 Å². The van der Waals surface area contributed by atoms with Crippen LogP contribution in [0.1, 0.15) is 31.1 Å². The van der Waals surface area contributed by atoms with Crippen molar-refractivity contribution >= 4 is 16.9 Å². The van der Waals surface area contributed by atoms with Crippen LogP contribution in [-0.2, 0) is 16.0 Å². The number of ether oxygens (including phenoxy) is 2. The fraction of sp³-hybridized carbons (Fsp3) is 0.467. The van der Waals surface area contributed by atoms with Crippen molar-refractivity contribution in [3.63, 3.8) is 0 Å². The van der Waals surface area contributed by atoms with E-state index < -0.39 is 12.0 Å². The minimum absolute atomic E-state index is 0.0752. The van der Waals surface area contributed by atoms with E-state index in [0.717, 1.165) is 0 Å². The lowest BCUT2D eigenvalue weighted by Gasteiger charge is -2.16. The smallest absolute Gasteiger partial charge is 0.408 e. The number of Topliss-reactive ketones (excluding diaryl/α,β-unsaturated/α-hetero) is 1. The molecule has 0 aliphatic rings. The molecule has 21 heavy (non-hydrogen) atoms. The minimum atomic E-state index is -0.508. The molecule has 114 valence electrons. The topological polar surface area (TPSA) is 70.7 Å². The molecule has 2 aromatic rings. The zero-order valence-corrected chi connectivity index (χ0v) is 12.4. The van der Waals surface area contributed by atoms with E-state index in [1.54, 1.807) is 18.2 Å². The minimum Gasteiger partial charge on any atom is -0.408 e. The van der Waals surface area contributed by atoms with E-state index in [1.165, 1.54) is 11.5 Å². The molecule has 0 amide bonds. The van der Waals surface area contributed by atoms with Gasteiger partial charge in [-0.1, -0.05) is 0 Å². The lowest BCUT2D eigenvalue weighted by Crippen LogP contribution is -2.28. The van der Waals surface area contributed by atoms with Crippen molar-refractivity contribution in [1.82, 2.24) is 4.57 Å². The third-order valence-electron chi connectivity index (χ3n) is 3.11. The standard InChI is InChI=1S/C15H19NO5/c1-4-19-14(20-5-2)9-16-12-7-6-11(10(3)17)8-13(12)21-15(16)18/h6-8,14H,4-5,9H2,1-3H3. The van der Waals surface area contributed by atoms with Crippen LogP contribution in [0.5, 0.6) is 0 Å². The summed E-state index contributed by atoms with van der Waals surface area (Å²) in [6.45, 7) is 6.42. The molecule has 0 radical (unpaired) electrons. The predicted octanol–water partition coefficient (Wildman–Crippen LogP) is 2.20. The molecule has 6 nitrogen and oxygen atoms in total. The average Bonchev–Trinajstić information content (AvgIpc) is 2.75. The van der Waals surface area contributed by atoms with Crippen molar-refractivity contribution in [1.29, 1.82) is 0 Å². The molecule has 1 aromatic heterocycles. The number of carbonyl (C=O) groups excluding carboxylic acids is 1. The molecule has 0 unspecified atom stereocenters. The van der Waals surface area contributed by atoms with Crippen LogP contribution in [0.4, 0.5) is 0 Å². The van der Waals surface area contributed by atoms with Crippen LogP contribution in [0.2, 0.25) is 0 Å². The van der Waals surface area contributed by atoms with Crippen molar-refractivity contribution < 1.29 is 18.7 Å². The van der Waals surface area contributed by atoms with E-state index in [0.29, 0.717) is 29.9 Å². The summed E-state index contributed by atoms with van der Waals surface area (Å²) in [5.74, 6) is -0.566. The van der Waals surface area contributed by atoms with E-state index in [4.69, 9.17) is 13.9 Å². The van der Waals surface area contributed by atoms with Crippen LogP contribution in [0, 0.1) is 0 Å². The Balaban J connectivity index is 2.37. The van der Waals surface area contributed by atoms with Crippen LogP contribution in [-0.4, -0.2) is 29.9 Å². The Morgan fingerprint density at radius 3 is 2.52 bits per heavy atom. The Labute approximate surface area is 122 Å². The number of oxazole rings is 1. The van der Waals surface area contributed by atoms with Crippen LogP contribution in [0.15, 0.2) is 27.4 Å². The first-order chi connectivity index (χ1) is 10.1. The van der Waals surface area contributed by atoms with E-state index in [1.807, 2.05) is 13.8 Å². The largest absolute Gasteiger partial charge is 0.420 e. The number of rotatable bonds is 7. The monoisotopic (exact) mass is 293 g/mol. The zero-order chi connectivity index (χ0) is 15.4. The number of benzene rings is 1. The third kappa shape index (κ3) is 3.40. The highest BCUT2D eigenvalue weighted by Gasteiger charge is 2.16. The van der Waals surface area contributed by atoms with Gasteiger partial charge in [-0.15, -0.1) is 0 Å². The van der Waals surface area contributed by atoms with E-state index in [-0.39, 0.29) is 12.3 Å². The third-order valence-corrected chi connectivity index (χ3v) is 3.11. The van der Waals surface area contributed by atoms with Crippen molar-refractivity contribution in [2.45, 2.75) is 33.6 Å². The highest BCUT2D eigenvalue weighted by molar-refractivity contribution is 5.96. The molecule has 0 N–H and O–H groups in total. The maximum atomic E-state index is 12.0. The van der Waals surface area contributed by atoms with E-state index >= 15 is 0 Å². The first kappa shape index (κ1) is 15.5. The predicted molar refractivity (Wildman–Crippen MR) is 77.5 cm³/mol. The normalized spacial score (nSPS) is 11.4. The van der Waals surface area contributed by atoms with Crippen LogP contribution in [0.25, 0.3) is 11.1 Å². The number of fused-ring (bicyclic) bond motifs is 1. The van der Waals surface area contributed by atoms with Crippen LogP contribution >= 0.6 is 0 Å². The van der Waals surface area contributed by atoms with E-state index in [9.17, 15) is 9.59 Å². The van der Waals surface area contributed by atoms with Gasteiger partial charge in [-0.2, -0.15) is 0 Å². The van der Waals surface area contributed by atoms with Gasteiger partial charge < -0.3 is 13.9 Å². The molecule has 6 heteroatoms. The summed E-state index contributed by atoms with van der Waals surface area (Å²) in [6.07, 6.45) is -0.508. The molecule has 0 spiro atoms. The highest BCUT2D eigenvalue weighted by atomic mass is 16.7. The van der Waals surface area contributed by atoms with Crippen molar-refractivity contribution in [3.05, 3.63) is 34.3 Å². The second kappa shape index (κ2) is 6.69. The second-order valence-electron chi connectivity index (χ2n) is 4.56. The Kier molecular flexibility index (Phi) is 4.93. The summed E-state index contributed by atoms with van der Waals surface area (Å²) in [5.41, 5.74) is 1.52. The number of ketones is 1. The molecule has 2 rings (SSSR count). The highest BCUT2D eigenvalue weighted by Crippen LogP contribution is 2.16. The maximum Gasteiger partial charge on any atom is 0.420 e. The van der Waals surface area contributed by atoms with Gasteiger partial charge in [-0.05, 0) is 39.0 Å². The van der Waals surface area contributed by atoms with E-state index in [2.05, 4.69) is 0 Å². The van der Waals surface area contributed by atoms with Gasteiger partial charge in [0, 0.05) is 18.8 Å². The first-order valence-corrected chi connectivity index (χ1v) is 6.94. The van der Waals surface area contributed by atoms with Crippen LogP contribution < -0.4 is 5.76 Å². The first-order valence-electron chi connectivity index (χ1n) is 6.94. The Bertz CT molecular complexity index is 679. The molecule has 1 heterocycles. The number of hydrogen-bond acceptors (Lipinski definition) is 5. The molecule has 0 saturated heterocycles. The molecule has 0 aliphatic carbocycles. The van der Waals surface area contributed by atoms with Crippen molar-refractivity contribution in [2.75, 3.05) is 13.2 Å². The summed E-state index contributed by atoms with van der Waals surface area (Å²) in [5, 5.41) is 0. The molecular weight excluding hydrogens is 274 g/mol. The molecule has 0 bridgehead atoms. The van der Waals surface area contributed by atoms with Gasteiger partial charge in [0.1, 0.15) is 0 Å². The maximum absolute atomic E-state index is 12.0. The van der Waals surface area contributed by atoms with Gasteiger partial charge in [-0.3, -0.25) is 9.36 Å². The zero-order valence-electron chi connectivity index (χ0n) is 12.4. The van der Waals surface area contributed by atoms with Crippen molar-refractivity contribution in [3.8, 4) is 0 Å². The van der Waals surface area contributed by atoms with Crippen LogP contribution in [0.3, 0.4) is 0 Å². The molecule has 0 atom stereocenters. The van der Waals surface area contributed by atoms with Gasteiger partial charge in [0.2, 0.25) is 0 Å². The lowest BCUT2D eigenvalue weighted by atomic mass is 10.1. The fourth-order valence-electron chi connectivity index (χ4n) is 2.13. The Morgan fingerprint density at radius 1 is 1.29 bits per heavy atom. The fourth-order valence-corrected chi connectivity index (χ4v) is 2.13. The summed E-state index contributed by atoms with van der Waals surface area (Å²) in [7, 11) is 0. The number of hydrogen-bond donors (Lipinski definition) is 0. The summed E-state index contributed by atoms with van der Waals surface area (Å²) >= 11 is 0. The molecule has 1 aromatic carbocycles. The summed E-state index contributed by atoms with van der Waals surface area (Å²) < 4.78 is 17.5. The summed E-state index contributed by atoms with van der Waals surface area (Å²) in [6, 6.07) is 4.95. The Hall–Kier alpha value is -1.92. The summed E-state index contributed by atoms with van der Waals surface area (Å²) in [4.78, 5) is 23.3.